The predicted molar refractivity (Wildman–Crippen MR) is 166 cm³/mol. The van der Waals surface area contributed by atoms with Crippen molar-refractivity contribution in [2.45, 2.75) is 138 Å². The lowest BCUT2D eigenvalue weighted by Crippen LogP contribution is -2.37. The minimum Gasteiger partial charge on any atom is -0.461 e. The van der Waals surface area contributed by atoms with Gasteiger partial charge in [0.15, 0.2) is 11.6 Å². The van der Waals surface area contributed by atoms with Crippen LogP contribution in [0.4, 0.5) is 0 Å². The second-order valence-corrected chi connectivity index (χ2v) is 14.1. The van der Waals surface area contributed by atoms with E-state index in [1.54, 1.807) is 0 Å². The van der Waals surface area contributed by atoms with Gasteiger partial charge < -0.3 is 9.47 Å². The number of hydrogen-bond acceptors (Lipinski definition) is 8. The monoisotopic (exact) mass is 600 g/mol. The Hall–Kier alpha value is -2.78. The van der Waals surface area contributed by atoms with E-state index in [0.29, 0.717) is 53.1 Å². The van der Waals surface area contributed by atoms with Crippen LogP contribution in [0.2, 0.25) is 0 Å². The molecule has 0 aliphatic heterocycles. The quantitative estimate of drug-likeness (QED) is 0.309. The molecule has 242 valence electrons. The first-order valence-electron chi connectivity index (χ1n) is 16.5. The van der Waals surface area contributed by atoms with Crippen LogP contribution in [0.25, 0.3) is 0 Å². The average Bonchev–Trinajstić information content (AvgIpc) is 3.58. The van der Waals surface area contributed by atoms with E-state index in [2.05, 4.69) is 85.8 Å². The second-order valence-electron chi connectivity index (χ2n) is 14.1. The minimum absolute atomic E-state index is 0.0284. The van der Waals surface area contributed by atoms with Gasteiger partial charge in [0.1, 0.15) is 36.7 Å². The van der Waals surface area contributed by atoms with Crippen LogP contribution >= 0.6 is 0 Å². The number of aromatic amines is 2. The maximum Gasteiger partial charge on any atom is 0.313 e. The number of carbonyl (C=O) groups is 2. The highest BCUT2D eigenvalue weighted by atomic mass is 16.5. The third-order valence-corrected chi connectivity index (χ3v) is 9.17. The first-order valence-corrected chi connectivity index (χ1v) is 16.5. The van der Waals surface area contributed by atoms with Gasteiger partial charge in [-0.25, -0.2) is 9.97 Å². The van der Waals surface area contributed by atoms with Crippen LogP contribution in [0.15, 0.2) is 0 Å². The predicted octanol–water partition coefficient (Wildman–Crippen LogP) is 6.56. The van der Waals surface area contributed by atoms with Gasteiger partial charge in [0.25, 0.3) is 0 Å². The van der Waals surface area contributed by atoms with E-state index in [0.717, 1.165) is 43.8 Å². The summed E-state index contributed by atoms with van der Waals surface area (Å²) in [6.45, 7) is 21.5. The molecule has 10 heteroatoms. The standard InChI is InChI=1S/C17H29N3O2.C16H27N3O2/c1-6-11(3)17-18-14(19-20-17)9-15(21)22-16-12(4)7-10(2)8-13(16)5;1-9(2)16-17-13(18-19-16)8-14(20)21-15-11(4)6-10(3)7-12(15)5/h10-13,16H,6-9H2,1-5H3,(H,18,19,20);9-12,15H,6-8H2,1-5H3,(H,17,18,19). The molecule has 43 heavy (non-hydrogen) atoms. The van der Waals surface area contributed by atoms with Crippen molar-refractivity contribution in [2.75, 3.05) is 0 Å². The van der Waals surface area contributed by atoms with Gasteiger partial charge >= 0.3 is 11.9 Å². The average molecular weight is 601 g/mol. The van der Waals surface area contributed by atoms with E-state index in [1.807, 2.05) is 13.8 Å². The van der Waals surface area contributed by atoms with Crippen molar-refractivity contribution < 1.29 is 19.1 Å². The fourth-order valence-corrected chi connectivity index (χ4v) is 6.95. The smallest absolute Gasteiger partial charge is 0.313 e. The van der Waals surface area contributed by atoms with Crippen LogP contribution < -0.4 is 0 Å². The highest BCUT2D eigenvalue weighted by Crippen LogP contribution is 2.36. The highest BCUT2D eigenvalue weighted by Gasteiger charge is 2.35. The third-order valence-electron chi connectivity index (χ3n) is 9.17. The molecule has 0 amide bonds. The fourth-order valence-electron chi connectivity index (χ4n) is 6.95. The van der Waals surface area contributed by atoms with Crippen molar-refractivity contribution in [3.05, 3.63) is 23.3 Å². The van der Waals surface area contributed by atoms with Crippen LogP contribution in [-0.2, 0) is 31.9 Å². The van der Waals surface area contributed by atoms with Gasteiger partial charge in [0, 0.05) is 11.8 Å². The van der Waals surface area contributed by atoms with Gasteiger partial charge in [-0.15, -0.1) is 0 Å². The molecule has 2 aliphatic carbocycles. The van der Waals surface area contributed by atoms with E-state index in [1.165, 1.54) is 0 Å². The fraction of sp³-hybridized carbons (Fsp3) is 0.818. The Bertz CT molecular complexity index is 1140. The maximum absolute atomic E-state index is 12.2. The molecular weight excluding hydrogens is 544 g/mol. The Morgan fingerprint density at radius 3 is 1.42 bits per heavy atom. The molecule has 4 rings (SSSR count). The third kappa shape index (κ3) is 10.1. The molecule has 0 saturated heterocycles. The van der Waals surface area contributed by atoms with Crippen LogP contribution in [0.3, 0.4) is 0 Å². The first-order chi connectivity index (χ1) is 20.3. The first kappa shape index (κ1) is 34.7. The largest absolute Gasteiger partial charge is 0.461 e. The SMILES string of the molecule is CC1CC(C)C(OC(=O)Cc2nc(C(C)C)n[nH]2)C(C)C1.CCC(C)c1n[nH]c(CC(=O)OC2C(C)CC(C)CC2C)n1. The lowest BCUT2D eigenvalue weighted by molar-refractivity contribution is -0.157. The van der Waals surface area contributed by atoms with Crippen LogP contribution in [-0.4, -0.2) is 54.5 Å². The van der Waals surface area contributed by atoms with Gasteiger partial charge in [0.05, 0.1) is 0 Å². The van der Waals surface area contributed by atoms with E-state index in [9.17, 15) is 9.59 Å². The molecule has 0 bridgehead atoms. The van der Waals surface area contributed by atoms with Crippen molar-refractivity contribution in [1.82, 2.24) is 30.4 Å². The van der Waals surface area contributed by atoms with Crippen LogP contribution in [0.5, 0.6) is 0 Å². The molecule has 2 aromatic heterocycles. The van der Waals surface area contributed by atoms with E-state index in [4.69, 9.17) is 9.47 Å². The molecule has 0 spiro atoms. The lowest BCUT2D eigenvalue weighted by atomic mass is 9.75. The number of nitrogens with one attached hydrogen (secondary N) is 2. The van der Waals surface area contributed by atoms with Crippen molar-refractivity contribution in [3.63, 3.8) is 0 Å². The molecule has 2 fully saturated rings. The number of aromatic nitrogens is 6. The Kier molecular flexibility index (Phi) is 12.8. The molecule has 10 nitrogen and oxygen atoms in total. The molecule has 2 aliphatic rings. The van der Waals surface area contributed by atoms with Gasteiger partial charge in [-0.3, -0.25) is 19.8 Å². The Labute approximate surface area is 258 Å². The summed E-state index contributed by atoms with van der Waals surface area (Å²) in [6.07, 6.45) is 5.90. The number of hydrogen-bond donors (Lipinski definition) is 2. The molecule has 0 radical (unpaired) electrons. The summed E-state index contributed by atoms with van der Waals surface area (Å²) in [5.74, 6) is 5.99. The summed E-state index contributed by atoms with van der Waals surface area (Å²) >= 11 is 0. The maximum atomic E-state index is 12.2. The summed E-state index contributed by atoms with van der Waals surface area (Å²) in [4.78, 5) is 33.0. The number of nitrogens with zero attached hydrogens (tertiary/aromatic N) is 4. The minimum atomic E-state index is -0.209. The van der Waals surface area contributed by atoms with Crippen molar-refractivity contribution in [3.8, 4) is 0 Å². The molecule has 0 aromatic carbocycles. The van der Waals surface area contributed by atoms with Crippen molar-refractivity contribution in [1.29, 1.82) is 0 Å². The molecule has 2 N–H and O–H groups in total. The Morgan fingerprint density at radius 2 is 1.07 bits per heavy atom. The van der Waals surface area contributed by atoms with Gasteiger partial charge in [0.2, 0.25) is 0 Å². The summed E-state index contributed by atoms with van der Waals surface area (Å²) in [5.41, 5.74) is 0. The summed E-state index contributed by atoms with van der Waals surface area (Å²) in [7, 11) is 0. The molecule has 2 saturated carbocycles. The molecular formula is C33H56N6O4. The number of esters is 2. The molecule has 5 atom stereocenters. The second kappa shape index (κ2) is 15.8. The highest BCUT2D eigenvalue weighted by molar-refractivity contribution is 5.72. The normalized spacial score (nSPS) is 29.8. The van der Waals surface area contributed by atoms with Crippen molar-refractivity contribution >= 4 is 11.9 Å². The van der Waals surface area contributed by atoms with E-state index in [-0.39, 0.29) is 42.9 Å². The van der Waals surface area contributed by atoms with E-state index >= 15 is 0 Å². The topological polar surface area (TPSA) is 136 Å². The summed E-state index contributed by atoms with van der Waals surface area (Å²) in [5, 5.41) is 14.0. The molecule has 2 heterocycles. The van der Waals surface area contributed by atoms with Gasteiger partial charge in [-0.1, -0.05) is 69.2 Å². The van der Waals surface area contributed by atoms with Crippen LogP contribution in [0, 0.1) is 35.5 Å². The number of rotatable bonds is 9. The Balaban J connectivity index is 0.000000236. The molecule has 5 unspecified atom stereocenters. The van der Waals surface area contributed by atoms with E-state index < -0.39 is 0 Å². The zero-order valence-electron chi connectivity index (χ0n) is 28.1. The lowest BCUT2D eigenvalue weighted by Gasteiger charge is -2.37. The summed E-state index contributed by atoms with van der Waals surface area (Å²) < 4.78 is 11.4. The number of H-pyrrole nitrogens is 2. The zero-order chi connectivity index (χ0) is 31.8. The van der Waals surface area contributed by atoms with Gasteiger partial charge in [-0.05, 0) is 67.6 Å². The number of ether oxygens (including phenoxy) is 2. The summed E-state index contributed by atoms with van der Waals surface area (Å²) in [6, 6.07) is 0. The molecule has 2 aromatic rings. The van der Waals surface area contributed by atoms with Crippen LogP contribution in [0.1, 0.15) is 136 Å². The van der Waals surface area contributed by atoms with Crippen molar-refractivity contribution in [2.24, 2.45) is 35.5 Å². The Morgan fingerprint density at radius 1 is 0.698 bits per heavy atom. The van der Waals surface area contributed by atoms with Gasteiger partial charge in [-0.2, -0.15) is 10.2 Å². The number of carbonyl (C=O) groups excluding carboxylic acids is 2. The zero-order valence-corrected chi connectivity index (χ0v) is 28.1.